The first-order valence-electron chi connectivity index (χ1n) is 19.6. The molecule has 4 saturated carbocycles. The van der Waals surface area contributed by atoms with E-state index in [4.69, 9.17) is 0 Å². The van der Waals surface area contributed by atoms with Crippen molar-refractivity contribution in [3.63, 3.8) is 0 Å². The van der Waals surface area contributed by atoms with Crippen molar-refractivity contribution in [2.24, 2.45) is 17.8 Å². The molecule has 5 aliphatic carbocycles. The molecule has 51 heavy (non-hydrogen) atoms. The summed E-state index contributed by atoms with van der Waals surface area (Å²) in [6, 6.07) is 48.8. The minimum absolute atomic E-state index is 0.0920. The standard InChI is InChI=1S/C50H49N/c1-32(2)41-15-10-16-44-48(41)43-23-22-40(28-45(43)49(44,3)4)51(46-24-17-36-11-8-9-14-42(36)47(46)37-12-6-5-7-13-37)39-20-18-38(19-21-39)50-29-33-25-34(30-50)27-35(26-33)31-50/h5-24,28,32-35H,25-27,29-31H2,1-4H3. The van der Waals surface area contributed by atoms with E-state index in [-0.39, 0.29) is 5.41 Å². The Morgan fingerprint density at radius 3 is 1.96 bits per heavy atom. The minimum Gasteiger partial charge on any atom is -0.310 e. The van der Waals surface area contributed by atoms with Crippen LogP contribution in [0.15, 0.2) is 127 Å². The molecule has 0 saturated heterocycles. The van der Waals surface area contributed by atoms with E-state index < -0.39 is 0 Å². The first-order chi connectivity index (χ1) is 24.8. The van der Waals surface area contributed by atoms with E-state index >= 15 is 0 Å². The number of anilines is 3. The molecule has 0 aliphatic heterocycles. The number of fused-ring (bicyclic) bond motifs is 4. The first kappa shape index (κ1) is 31.1. The Balaban J connectivity index is 1.17. The van der Waals surface area contributed by atoms with Gasteiger partial charge in [-0.1, -0.05) is 125 Å². The van der Waals surface area contributed by atoms with Crippen molar-refractivity contribution in [2.45, 2.75) is 83.0 Å². The molecule has 4 fully saturated rings. The average Bonchev–Trinajstić information content (AvgIpc) is 3.37. The number of hydrogen-bond acceptors (Lipinski definition) is 1. The van der Waals surface area contributed by atoms with Crippen molar-refractivity contribution in [1.29, 1.82) is 0 Å². The normalized spacial score (nSPS) is 23.8. The van der Waals surface area contributed by atoms with Crippen LogP contribution in [-0.4, -0.2) is 0 Å². The van der Waals surface area contributed by atoms with E-state index in [2.05, 4.69) is 160 Å². The van der Waals surface area contributed by atoms with Crippen molar-refractivity contribution < 1.29 is 0 Å². The van der Waals surface area contributed by atoms with Gasteiger partial charge in [0.15, 0.2) is 0 Å². The zero-order chi connectivity index (χ0) is 34.5. The van der Waals surface area contributed by atoms with Crippen LogP contribution in [0.4, 0.5) is 17.1 Å². The molecular weight excluding hydrogens is 615 g/mol. The van der Waals surface area contributed by atoms with Crippen molar-refractivity contribution in [3.05, 3.63) is 150 Å². The highest BCUT2D eigenvalue weighted by molar-refractivity contribution is 6.05. The van der Waals surface area contributed by atoms with Crippen molar-refractivity contribution in [1.82, 2.24) is 0 Å². The van der Waals surface area contributed by atoms with Gasteiger partial charge in [-0.3, -0.25) is 0 Å². The van der Waals surface area contributed by atoms with Crippen LogP contribution in [0.1, 0.15) is 94.4 Å². The molecule has 0 amide bonds. The Morgan fingerprint density at radius 1 is 0.588 bits per heavy atom. The predicted octanol–water partition coefficient (Wildman–Crippen LogP) is 13.9. The van der Waals surface area contributed by atoms with E-state index in [0.29, 0.717) is 11.3 Å². The molecule has 11 rings (SSSR count). The van der Waals surface area contributed by atoms with Crippen molar-refractivity contribution >= 4 is 27.8 Å². The van der Waals surface area contributed by atoms with Crippen LogP contribution >= 0.6 is 0 Å². The lowest BCUT2D eigenvalue weighted by molar-refractivity contribution is -0.00518. The molecule has 4 bridgehead atoms. The second-order valence-corrected chi connectivity index (χ2v) is 17.4. The predicted molar refractivity (Wildman–Crippen MR) is 216 cm³/mol. The van der Waals surface area contributed by atoms with Crippen LogP contribution in [0.25, 0.3) is 33.0 Å². The molecule has 254 valence electrons. The summed E-state index contributed by atoms with van der Waals surface area (Å²) in [6.07, 6.45) is 8.61. The third kappa shape index (κ3) is 4.80. The average molecular weight is 664 g/mol. The van der Waals surface area contributed by atoms with Gasteiger partial charge in [0.25, 0.3) is 0 Å². The van der Waals surface area contributed by atoms with Gasteiger partial charge in [-0.15, -0.1) is 0 Å². The molecule has 0 N–H and O–H groups in total. The van der Waals surface area contributed by atoms with Gasteiger partial charge in [0, 0.05) is 22.4 Å². The van der Waals surface area contributed by atoms with E-state index in [1.807, 2.05) is 0 Å². The Morgan fingerprint density at radius 2 is 1.25 bits per heavy atom. The summed E-state index contributed by atoms with van der Waals surface area (Å²) in [5.41, 5.74) is 15.2. The highest BCUT2D eigenvalue weighted by Crippen LogP contribution is 2.61. The maximum Gasteiger partial charge on any atom is 0.0546 e. The maximum atomic E-state index is 2.56. The molecule has 5 aliphatic rings. The van der Waals surface area contributed by atoms with Crippen molar-refractivity contribution in [2.75, 3.05) is 4.90 Å². The van der Waals surface area contributed by atoms with Crippen LogP contribution in [0, 0.1) is 17.8 Å². The zero-order valence-electron chi connectivity index (χ0n) is 30.6. The lowest BCUT2D eigenvalue weighted by Gasteiger charge is -2.57. The summed E-state index contributed by atoms with van der Waals surface area (Å²) in [6.45, 7) is 9.49. The Hall–Kier alpha value is -4.62. The maximum absolute atomic E-state index is 2.56. The molecule has 1 heteroatoms. The van der Waals surface area contributed by atoms with Gasteiger partial charge < -0.3 is 4.90 Å². The number of hydrogen-bond donors (Lipinski definition) is 0. The SMILES string of the molecule is CC(C)c1cccc2c1-c1ccc(N(c3ccc(C45CC6CC(CC(C6)C4)C5)cc3)c3ccc4ccccc4c3-c3ccccc3)cc1C2(C)C. The molecular formula is C50H49N. The molecule has 0 unspecified atom stereocenters. The fourth-order valence-corrected chi connectivity index (χ4v) is 11.6. The second-order valence-electron chi connectivity index (χ2n) is 17.4. The summed E-state index contributed by atoms with van der Waals surface area (Å²) in [4.78, 5) is 2.56. The van der Waals surface area contributed by atoms with Crippen molar-refractivity contribution in [3.8, 4) is 22.3 Å². The molecule has 1 nitrogen and oxygen atoms in total. The lowest BCUT2D eigenvalue weighted by atomic mass is 9.48. The quantitative estimate of drug-likeness (QED) is 0.171. The van der Waals surface area contributed by atoms with Gasteiger partial charge in [-0.25, -0.2) is 0 Å². The van der Waals surface area contributed by atoms with E-state index in [1.54, 1.807) is 5.56 Å². The molecule has 0 spiro atoms. The van der Waals surface area contributed by atoms with Gasteiger partial charge in [-0.05, 0) is 148 Å². The van der Waals surface area contributed by atoms with E-state index in [0.717, 1.165) is 17.8 Å². The third-order valence-electron chi connectivity index (χ3n) is 13.6. The highest BCUT2D eigenvalue weighted by Gasteiger charge is 2.51. The Kier molecular flexibility index (Phi) is 6.99. The van der Waals surface area contributed by atoms with Crippen LogP contribution in [-0.2, 0) is 10.8 Å². The number of nitrogens with zero attached hydrogens (tertiary/aromatic N) is 1. The van der Waals surface area contributed by atoms with Crippen LogP contribution in [0.3, 0.4) is 0 Å². The van der Waals surface area contributed by atoms with Crippen LogP contribution < -0.4 is 4.90 Å². The molecule has 0 radical (unpaired) electrons. The monoisotopic (exact) mass is 663 g/mol. The molecule has 6 aromatic carbocycles. The molecule has 0 atom stereocenters. The molecule has 0 heterocycles. The Bertz CT molecular complexity index is 2250. The fourth-order valence-electron chi connectivity index (χ4n) is 11.6. The molecule has 0 aromatic heterocycles. The largest absolute Gasteiger partial charge is 0.310 e. The summed E-state index contributed by atoms with van der Waals surface area (Å²) < 4.78 is 0. The minimum atomic E-state index is -0.0920. The second kappa shape index (κ2) is 11.4. The molecule has 6 aromatic rings. The topological polar surface area (TPSA) is 3.24 Å². The van der Waals surface area contributed by atoms with Crippen LogP contribution in [0.2, 0.25) is 0 Å². The number of rotatable bonds is 6. The number of benzene rings is 6. The van der Waals surface area contributed by atoms with Gasteiger partial charge in [0.2, 0.25) is 0 Å². The van der Waals surface area contributed by atoms with E-state index in [1.165, 1.54) is 105 Å². The van der Waals surface area contributed by atoms with Gasteiger partial charge in [0.1, 0.15) is 0 Å². The highest BCUT2D eigenvalue weighted by atomic mass is 15.1. The first-order valence-corrected chi connectivity index (χ1v) is 19.6. The summed E-state index contributed by atoms with van der Waals surface area (Å²) in [5.74, 6) is 3.28. The Labute approximate surface area is 304 Å². The smallest absolute Gasteiger partial charge is 0.0546 e. The lowest BCUT2D eigenvalue weighted by Crippen LogP contribution is -2.48. The fraction of sp³-hybridized carbons (Fsp3) is 0.320. The summed E-state index contributed by atoms with van der Waals surface area (Å²) >= 11 is 0. The van der Waals surface area contributed by atoms with Gasteiger partial charge >= 0.3 is 0 Å². The third-order valence-corrected chi connectivity index (χ3v) is 13.6. The van der Waals surface area contributed by atoms with E-state index in [9.17, 15) is 0 Å². The van der Waals surface area contributed by atoms with Crippen LogP contribution in [0.5, 0.6) is 0 Å². The zero-order valence-corrected chi connectivity index (χ0v) is 30.6. The van der Waals surface area contributed by atoms with Gasteiger partial charge in [0.05, 0.1) is 5.69 Å². The van der Waals surface area contributed by atoms with Gasteiger partial charge in [-0.2, -0.15) is 0 Å². The summed E-state index contributed by atoms with van der Waals surface area (Å²) in [7, 11) is 0. The summed E-state index contributed by atoms with van der Waals surface area (Å²) in [5, 5.41) is 2.55.